The number of nitrogens with one attached hydrogen (secondary N) is 1. The number of benzene rings is 2. The largest absolute Gasteiger partial charge is 0.485 e. The molecule has 0 aliphatic heterocycles. The summed E-state index contributed by atoms with van der Waals surface area (Å²) in [7, 11) is 0. The molecule has 1 heterocycles. The van der Waals surface area contributed by atoms with Crippen molar-refractivity contribution in [2.45, 2.75) is 13.2 Å². The van der Waals surface area contributed by atoms with E-state index in [2.05, 4.69) is 4.98 Å². The van der Waals surface area contributed by atoms with E-state index in [0.717, 1.165) is 11.1 Å². The van der Waals surface area contributed by atoms with E-state index in [1.165, 1.54) is 6.07 Å². The van der Waals surface area contributed by atoms with Crippen molar-refractivity contribution in [2.75, 3.05) is 0 Å². The maximum Gasteiger partial charge on any atom is 0.352 e. The summed E-state index contributed by atoms with van der Waals surface area (Å²) in [4.78, 5) is 25.8. The van der Waals surface area contributed by atoms with Crippen molar-refractivity contribution >= 4 is 5.97 Å². The third kappa shape index (κ3) is 4.30. The zero-order chi connectivity index (χ0) is 18.4. The predicted molar refractivity (Wildman–Crippen MR) is 95.6 cm³/mol. The minimum Gasteiger partial charge on any atom is -0.485 e. The van der Waals surface area contributed by atoms with Crippen LogP contribution in [0.1, 0.15) is 21.6 Å². The van der Waals surface area contributed by atoms with Crippen LogP contribution in [0.3, 0.4) is 0 Å². The number of carboxylic acid groups (broad SMARTS) is 1. The lowest BCUT2D eigenvalue weighted by molar-refractivity contribution is 0.0689. The Morgan fingerprint density at radius 2 is 1.42 bits per heavy atom. The fraction of sp³-hybridized carbons (Fsp3) is 0.100. The SMILES string of the molecule is O=C(O)c1cc(OCc2ccccc2)c(OCc2ccccc2)c(=O)[nH]1. The molecule has 0 amide bonds. The van der Waals surface area contributed by atoms with Crippen molar-refractivity contribution in [1.82, 2.24) is 4.98 Å². The Morgan fingerprint density at radius 1 is 0.885 bits per heavy atom. The molecule has 0 aliphatic rings. The molecule has 0 bridgehead atoms. The van der Waals surface area contributed by atoms with E-state index in [1.54, 1.807) is 0 Å². The molecule has 0 spiro atoms. The molecule has 26 heavy (non-hydrogen) atoms. The van der Waals surface area contributed by atoms with E-state index in [4.69, 9.17) is 14.6 Å². The first kappa shape index (κ1) is 17.3. The standard InChI is InChI=1S/C20H17NO5/c22-19-18(26-13-15-9-5-2-6-10-15)17(11-16(21-19)20(23)24)25-12-14-7-3-1-4-8-14/h1-11H,12-13H2,(H,21,22)(H,23,24). The average molecular weight is 351 g/mol. The highest BCUT2D eigenvalue weighted by Gasteiger charge is 2.16. The highest BCUT2D eigenvalue weighted by molar-refractivity contribution is 5.86. The smallest absolute Gasteiger partial charge is 0.352 e. The highest BCUT2D eigenvalue weighted by Crippen LogP contribution is 2.25. The maximum atomic E-state index is 12.3. The lowest BCUT2D eigenvalue weighted by Crippen LogP contribution is -2.17. The van der Waals surface area contributed by atoms with Gasteiger partial charge in [-0.25, -0.2) is 4.79 Å². The van der Waals surface area contributed by atoms with Crippen LogP contribution >= 0.6 is 0 Å². The number of aromatic amines is 1. The number of carbonyl (C=O) groups is 1. The third-order valence-corrected chi connectivity index (χ3v) is 3.65. The van der Waals surface area contributed by atoms with Gasteiger partial charge in [-0.1, -0.05) is 60.7 Å². The summed E-state index contributed by atoms with van der Waals surface area (Å²) in [6, 6.07) is 20.0. The van der Waals surface area contributed by atoms with Crippen molar-refractivity contribution in [2.24, 2.45) is 0 Å². The molecule has 3 rings (SSSR count). The number of hydrogen-bond donors (Lipinski definition) is 2. The van der Waals surface area contributed by atoms with Gasteiger partial charge in [0.2, 0.25) is 5.75 Å². The van der Waals surface area contributed by atoms with E-state index >= 15 is 0 Å². The molecule has 0 fully saturated rings. The number of aromatic carboxylic acids is 1. The summed E-state index contributed by atoms with van der Waals surface area (Å²) in [5.74, 6) is -1.21. The molecule has 0 saturated carbocycles. The fourth-order valence-corrected chi connectivity index (χ4v) is 2.35. The van der Waals surface area contributed by atoms with E-state index < -0.39 is 11.5 Å². The number of carboxylic acids is 1. The normalized spacial score (nSPS) is 10.3. The molecule has 3 aromatic rings. The summed E-state index contributed by atoms with van der Waals surface area (Å²) in [6.07, 6.45) is 0. The van der Waals surface area contributed by atoms with Crippen LogP contribution in [0.5, 0.6) is 11.5 Å². The van der Waals surface area contributed by atoms with Gasteiger partial charge in [-0.05, 0) is 11.1 Å². The van der Waals surface area contributed by atoms with Gasteiger partial charge in [0.05, 0.1) is 0 Å². The summed E-state index contributed by atoms with van der Waals surface area (Å²) >= 11 is 0. The average Bonchev–Trinajstić information content (AvgIpc) is 2.66. The summed E-state index contributed by atoms with van der Waals surface area (Å²) in [6.45, 7) is 0.350. The van der Waals surface area contributed by atoms with Gasteiger partial charge in [0.25, 0.3) is 5.56 Å². The molecule has 2 aromatic carbocycles. The predicted octanol–water partition coefficient (Wildman–Crippen LogP) is 3.23. The maximum absolute atomic E-state index is 12.3. The number of aromatic nitrogens is 1. The second kappa shape index (κ2) is 8.02. The molecule has 1 aromatic heterocycles. The molecule has 0 saturated heterocycles. The van der Waals surface area contributed by atoms with E-state index in [-0.39, 0.29) is 30.4 Å². The van der Waals surface area contributed by atoms with Crippen LogP contribution in [0.4, 0.5) is 0 Å². The molecular weight excluding hydrogens is 334 g/mol. The van der Waals surface area contributed by atoms with Gasteiger partial charge in [-0.3, -0.25) is 4.79 Å². The highest BCUT2D eigenvalue weighted by atomic mass is 16.5. The van der Waals surface area contributed by atoms with Crippen molar-refractivity contribution in [1.29, 1.82) is 0 Å². The Balaban J connectivity index is 1.86. The first-order valence-electron chi connectivity index (χ1n) is 7.97. The molecule has 6 heteroatoms. The van der Waals surface area contributed by atoms with E-state index in [9.17, 15) is 9.59 Å². The zero-order valence-electron chi connectivity index (χ0n) is 13.8. The minimum absolute atomic E-state index is 0.0465. The van der Waals surface area contributed by atoms with Gasteiger partial charge in [0.15, 0.2) is 5.75 Å². The van der Waals surface area contributed by atoms with Crippen molar-refractivity contribution in [3.63, 3.8) is 0 Å². The lowest BCUT2D eigenvalue weighted by atomic mass is 10.2. The van der Waals surface area contributed by atoms with Crippen LogP contribution < -0.4 is 15.0 Å². The van der Waals surface area contributed by atoms with Gasteiger partial charge < -0.3 is 19.6 Å². The van der Waals surface area contributed by atoms with Crippen molar-refractivity contribution < 1.29 is 19.4 Å². The number of ether oxygens (including phenoxy) is 2. The topological polar surface area (TPSA) is 88.6 Å². The van der Waals surface area contributed by atoms with Crippen LogP contribution in [0.15, 0.2) is 71.5 Å². The second-order valence-corrected chi connectivity index (χ2v) is 5.56. The number of pyridine rings is 1. The number of hydrogen-bond acceptors (Lipinski definition) is 4. The third-order valence-electron chi connectivity index (χ3n) is 3.65. The zero-order valence-corrected chi connectivity index (χ0v) is 13.8. The van der Waals surface area contributed by atoms with Crippen molar-refractivity contribution in [3.8, 4) is 11.5 Å². The molecule has 2 N–H and O–H groups in total. The molecule has 0 aliphatic carbocycles. The van der Waals surface area contributed by atoms with E-state index in [1.807, 2.05) is 60.7 Å². The monoisotopic (exact) mass is 351 g/mol. The van der Waals surface area contributed by atoms with Crippen LogP contribution in [-0.2, 0) is 13.2 Å². The molecule has 0 radical (unpaired) electrons. The Labute approximate surface area is 149 Å². The van der Waals surface area contributed by atoms with Crippen LogP contribution in [0.25, 0.3) is 0 Å². The van der Waals surface area contributed by atoms with Crippen LogP contribution in [-0.4, -0.2) is 16.1 Å². The van der Waals surface area contributed by atoms with Gasteiger partial charge in [-0.15, -0.1) is 0 Å². The molecule has 0 unspecified atom stereocenters. The first-order valence-corrected chi connectivity index (χ1v) is 7.97. The number of rotatable bonds is 7. The lowest BCUT2D eigenvalue weighted by Gasteiger charge is -2.13. The summed E-state index contributed by atoms with van der Waals surface area (Å²) < 4.78 is 11.3. The van der Waals surface area contributed by atoms with E-state index in [0.29, 0.717) is 0 Å². The Bertz CT molecular complexity index is 935. The minimum atomic E-state index is -1.25. The number of H-pyrrole nitrogens is 1. The Morgan fingerprint density at radius 3 is 1.96 bits per heavy atom. The van der Waals surface area contributed by atoms with Crippen LogP contribution in [0.2, 0.25) is 0 Å². The summed E-state index contributed by atoms with van der Waals surface area (Å²) in [5, 5.41) is 9.15. The van der Waals surface area contributed by atoms with Crippen LogP contribution in [0, 0.1) is 0 Å². The Kier molecular flexibility index (Phi) is 5.34. The molecule has 6 nitrogen and oxygen atoms in total. The van der Waals surface area contributed by atoms with Gasteiger partial charge in [0, 0.05) is 6.07 Å². The first-order chi connectivity index (χ1) is 12.6. The quantitative estimate of drug-likeness (QED) is 0.682. The molecule has 0 atom stereocenters. The summed E-state index contributed by atoms with van der Waals surface area (Å²) in [5.41, 5.74) is 0.857. The van der Waals surface area contributed by atoms with Gasteiger partial charge in [0.1, 0.15) is 18.9 Å². The second-order valence-electron chi connectivity index (χ2n) is 5.56. The Hall–Kier alpha value is -3.54. The molecule has 132 valence electrons. The fourth-order valence-electron chi connectivity index (χ4n) is 2.35. The van der Waals surface area contributed by atoms with Crippen molar-refractivity contribution in [3.05, 3.63) is 93.9 Å². The van der Waals surface area contributed by atoms with Gasteiger partial charge >= 0.3 is 5.97 Å². The molecular formula is C20H17NO5. The van der Waals surface area contributed by atoms with Gasteiger partial charge in [-0.2, -0.15) is 0 Å².